The number of aromatic amines is 1. The molecule has 0 aliphatic rings. The molecular weight excluding hydrogens is 323 g/mol. The number of H-pyrrole nitrogens is 1. The molecule has 108 valence electrons. The number of hydrogen-bond acceptors (Lipinski definition) is 4. The van der Waals surface area contributed by atoms with Gasteiger partial charge < -0.3 is 5.73 Å². The van der Waals surface area contributed by atoms with Crippen molar-refractivity contribution in [3.05, 3.63) is 40.0 Å². The van der Waals surface area contributed by atoms with E-state index in [9.17, 15) is 8.42 Å². The van der Waals surface area contributed by atoms with E-state index in [2.05, 4.69) is 14.9 Å². The average molecular weight is 335 g/mol. The molecule has 1 atom stereocenters. The summed E-state index contributed by atoms with van der Waals surface area (Å²) in [6, 6.07) is 4.31. The van der Waals surface area contributed by atoms with Crippen LogP contribution in [0.25, 0.3) is 0 Å². The monoisotopic (exact) mass is 334 g/mol. The van der Waals surface area contributed by atoms with Gasteiger partial charge in [-0.15, -0.1) is 0 Å². The third-order valence-electron chi connectivity index (χ3n) is 2.68. The van der Waals surface area contributed by atoms with Gasteiger partial charge in [0.25, 0.3) is 0 Å². The lowest BCUT2D eigenvalue weighted by Crippen LogP contribution is -2.27. The summed E-state index contributed by atoms with van der Waals surface area (Å²) in [4.78, 5) is -0.102. The summed E-state index contributed by atoms with van der Waals surface area (Å²) in [5.74, 6) is -0.0214. The summed E-state index contributed by atoms with van der Waals surface area (Å²) >= 11 is 11.9. The molecule has 1 aromatic carbocycles. The zero-order chi connectivity index (χ0) is 14.9. The Morgan fingerprint density at radius 1 is 1.40 bits per heavy atom. The van der Waals surface area contributed by atoms with Gasteiger partial charge in [0, 0.05) is 16.1 Å². The minimum absolute atomic E-state index is 0.0214. The standard InChI is InChI=1S/C11H12Cl2N4O2S/c1-6(8-3-2-7(12)4-9(8)13)17-20(18,19)10-5-15-16-11(10)14/h2-6,17H,1H3,(H3,14,15,16). The SMILES string of the molecule is CC(NS(=O)(=O)c1cn[nH]c1N)c1ccc(Cl)cc1Cl. The van der Waals surface area contributed by atoms with Crippen LogP contribution in [0.1, 0.15) is 18.5 Å². The van der Waals surface area contributed by atoms with E-state index in [1.165, 1.54) is 0 Å². The smallest absolute Gasteiger partial charge is 0.246 e. The zero-order valence-corrected chi connectivity index (χ0v) is 12.7. The van der Waals surface area contributed by atoms with E-state index < -0.39 is 16.1 Å². The van der Waals surface area contributed by atoms with E-state index in [1.807, 2.05) is 0 Å². The van der Waals surface area contributed by atoms with Crippen molar-refractivity contribution in [2.45, 2.75) is 17.9 Å². The van der Waals surface area contributed by atoms with Crippen LogP contribution in [0.3, 0.4) is 0 Å². The van der Waals surface area contributed by atoms with Crippen molar-refractivity contribution in [3.63, 3.8) is 0 Å². The molecule has 0 saturated heterocycles. The first-order valence-electron chi connectivity index (χ1n) is 5.57. The molecule has 0 spiro atoms. The molecule has 1 unspecified atom stereocenters. The number of nitrogens with two attached hydrogens (primary N) is 1. The number of sulfonamides is 1. The maximum Gasteiger partial charge on any atom is 0.246 e. The molecule has 0 bridgehead atoms. The van der Waals surface area contributed by atoms with E-state index in [-0.39, 0.29) is 10.7 Å². The summed E-state index contributed by atoms with van der Waals surface area (Å²) in [5.41, 5.74) is 6.12. The Morgan fingerprint density at radius 2 is 2.10 bits per heavy atom. The van der Waals surface area contributed by atoms with Gasteiger partial charge >= 0.3 is 0 Å². The van der Waals surface area contributed by atoms with E-state index in [0.29, 0.717) is 15.6 Å². The normalized spacial score (nSPS) is 13.3. The van der Waals surface area contributed by atoms with Gasteiger partial charge in [-0.1, -0.05) is 29.3 Å². The molecular formula is C11H12Cl2N4O2S. The third kappa shape index (κ3) is 3.06. The van der Waals surface area contributed by atoms with Crippen LogP contribution < -0.4 is 10.5 Å². The van der Waals surface area contributed by atoms with Crippen LogP contribution in [0.2, 0.25) is 10.0 Å². The molecule has 9 heteroatoms. The van der Waals surface area contributed by atoms with Gasteiger partial charge in [0.15, 0.2) is 0 Å². The third-order valence-corrected chi connectivity index (χ3v) is 4.81. The van der Waals surface area contributed by atoms with Crippen LogP contribution in [0.5, 0.6) is 0 Å². The van der Waals surface area contributed by atoms with E-state index in [0.717, 1.165) is 6.20 Å². The molecule has 2 rings (SSSR count). The molecule has 1 aromatic heterocycles. The summed E-state index contributed by atoms with van der Waals surface area (Å²) in [6.45, 7) is 1.67. The Kier molecular flexibility index (Phi) is 4.24. The molecule has 0 amide bonds. The summed E-state index contributed by atoms with van der Waals surface area (Å²) < 4.78 is 26.8. The molecule has 0 aliphatic carbocycles. The van der Waals surface area contributed by atoms with Crippen LogP contribution in [-0.4, -0.2) is 18.6 Å². The van der Waals surface area contributed by atoms with Crippen molar-refractivity contribution in [1.29, 1.82) is 0 Å². The second kappa shape index (κ2) is 5.61. The second-order valence-corrected chi connectivity index (χ2v) is 6.68. The fraction of sp³-hybridized carbons (Fsp3) is 0.182. The van der Waals surface area contributed by atoms with Crippen LogP contribution in [0, 0.1) is 0 Å². The lowest BCUT2D eigenvalue weighted by atomic mass is 10.1. The van der Waals surface area contributed by atoms with Gasteiger partial charge in [-0.2, -0.15) is 5.10 Å². The van der Waals surface area contributed by atoms with Gasteiger partial charge in [0.2, 0.25) is 10.0 Å². The highest BCUT2D eigenvalue weighted by Crippen LogP contribution is 2.27. The van der Waals surface area contributed by atoms with E-state index >= 15 is 0 Å². The number of nitrogen functional groups attached to an aromatic ring is 1. The van der Waals surface area contributed by atoms with Crippen molar-refractivity contribution in [3.8, 4) is 0 Å². The average Bonchev–Trinajstić information content (AvgIpc) is 2.75. The maximum absolute atomic E-state index is 12.2. The number of halogens is 2. The van der Waals surface area contributed by atoms with E-state index in [4.69, 9.17) is 28.9 Å². The fourth-order valence-corrected chi connectivity index (χ4v) is 3.53. The predicted octanol–water partition coefficient (Wildman–Crippen LogP) is 2.34. The molecule has 1 heterocycles. The van der Waals surface area contributed by atoms with Crippen LogP contribution >= 0.6 is 23.2 Å². The Morgan fingerprint density at radius 3 is 2.65 bits per heavy atom. The fourth-order valence-electron chi connectivity index (χ4n) is 1.71. The van der Waals surface area contributed by atoms with Gasteiger partial charge in [-0.05, 0) is 24.6 Å². The van der Waals surface area contributed by atoms with Crippen molar-refractivity contribution in [1.82, 2.24) is 14.9 Å². The second-order valence-electron chi connectivity index (χ2n) is 4.16. The highest BCUT2D eigenvalue weighted by atomic mass is 35.5. The van der Waals surface area contributed by atoms with Crippen molar-refractivity contribution in [2.24, 2.45) is 0 Å². The molecule has 0 aliphatic heterocycles. The summed E-state index contributed by atoms with van der Waals surface area (Å²) in [6.07, 6.45) is 1.15. The Hall–Kier alpha value is -1.28. The minimum atomic E-state index is -3.78. The number of benzene rings is 1. The largest absolute Gasteiger partial charge is 0.383 e. The first-order chi connectivity index (χ1) is 9.31. The maximum atomic E-state index is 12.2. The summed E-state index contributed by atoms with van der Waals surface area (Å²) in [7, 11) is -3.78. The molecule has 6 nitrogen and oxygen atoms in total. The Labute approximate surface area is 126 Å². The van der Waals surface area contributed by atoms with Crippen molar-refractivity contribution < 1.29 is 8.42 Å². The molecule has 4 N–H and O–H groups in total. The van der Waals surface area contributed by atoms with Gasteiger partial charge in [0.05, 0.1) is 6.20 Å². The lowest BCUT2D eigenvalue weighted by Gasteiger charge is -2.15. The molecule has 0 saturated carbocycles. The van der Waals surface area contributed by atoms with Gasteiger partial charge in [-0.3, -0.25) is 5.10 Å². The minimum Gasteiger partial charge on any atom is -0.383 e. The van der Waals surface area contributed by atoms with Crippen LogP contribution in [-0.2, 0) is 10.0 Å². The zero-order valence-electron chi connectivity index (χ0n) is 10.4. The molecule has 20 heavy (non-hydrogen) atoms. The number of nitrogens with one attached hydrogen (secondary N) is 2. The number of hydrogen-bond donors (Lipinski definition) is 3. The van der Waals surface area contributed by atoms with Gasteiger partial charge in [-0.25, -0.2) is 13.1 Å². The number of anilines is 1. The Bertz CT molecular complexity index is 730. The lowest BCUT2D eigenvalue weighted by molar-refractivity contribution is 0.567. The van der Waals surface area contributed by atoms with Gasteiger partial charge in [0.1, 0.15) is 10.7 Å². The van der Waals surface area contributed by atoms with Crippen LogP contribution in [0.15, 0.2) is 29.3 Å². The predicted molar refractivity (Wildman–Crippen MR) is 78.2 cm³/mol. The Balaban J connectivity index is 2.28. The highest BCUT2D eigenvalue weighted by Gasteiger charge is 2.23. The van der Waals surface area contributed by atoms with Crippen LogP contribution in [0.4, 0.5) is 5.82 Å². The number of aromatic nitrogens is 2. The highest BCUT2D eigenvalue weighted by molar-refractivity contribution is 7.89. The molecule has 0 fully saturated rings. The quantitative estimate of drug-likeness (QED) is 0.798. The molecule has 2 aromatic rings. The van der Waals surface area contributed by atoms with Crippen molar-refractivity contribution in [2.75, 3.05) is 5.73 Å². The topological polar surface area (TPSA) is 101 Å². The first-order valence-corrected chi connectivity index (χ1v) is 7.81. The number of rotatable bonds is 4. The molecule has 0 radical (unpaired) electrons. The number of nitrogens with zero attached hydrogens (tertiary/aromatic N) is 1. The summed E-state index contributed by atoms with van der Waals surface area (Å²) in [5, 5.41) is 6.82. The first kappa shape index (κ1) is 15.1. The van der Waals surface area contributed by atoms with Crippen molar-refractivity contribution >= 4 is 39.0 Å². The van der Waals surface area contributed by atoms with E-state index in [1.54, 1.807) is 25.1 Å².